The van der Waals surface area contributed by atoms with Gasteiger partial charge in [-0.3, -0.25) is 9.97 Å². The maximum atomic E-state index is 11.0. The zero-order chi connectivity index (χ0) is 11.5. The summed E-state index contributed by atoms with van der Waals surface area (Å²) in [6, 6.07) is 5.22. The van der Waals surface area contributed by atoms with Crippen molar-refractivity contribution in [1.29, 1.82) is 0 Å². The van der Waals surface area contributed by atoms with Crippen molar-refractivity contribution in [3.8, 4) is 11.3 Å². The molecule has 4 nitrogen and oxygen atoms in total. The topological polar surface area (TPSA) is 63.1 Å². The van der Waals surface area contributed by atoms with Gasteiger partial charge in [-0.15, -0.1) is 0 Å². The molecule has 2 aromatic rings. The lowest BCUT2D eigenvalue weighted by Crippen LogP contribution is -2.00. The van der Waals surface area contributed by atoms with E-state index in [9.17, 15) is 4.79 Å². The lowest BCUT2D eigenvalue weighted by atomic mass is 10.0. The Labute approximate surface area is 92.6 Å². The minimum atomic E-state index is -0.928. The second-order valence-electron chi connectivity index (χ2n) is 3.43. The fourth-order valence-electron chi connectivity index (χ4n) is 1.46. The van der Waals surface area contributed by atoms with Crippen molar-refractivity contribution in [1.82, 2.24) is 9.97 Å². The number of aryl methyl sites for hydroxylation is 1. The number of nitrogens with zero attached hydrogens (tertiary/aromatic N) is 2. The minimum Gasteiger partial charge on any atom is -0.478 e. The van der Waals surface area contributed by atoms with Crippen LogP contribution in [0.4, 0.5) is 0 Å². The van der Waals surface area contributed by atoms with Crippen LogP contribution in [0.3, 0.4) is 0 Å². The number of aromatic carboxylic acids is 1. The van der Waals surface area contributed by atoms with Crippen LogP contribution in [0.2, 0.25) is 0 Å². The fourth-order valence-corrected chi connectivity index (χ4v) is 1.46. The molecule has 0 aliphatic carbocycles. The quantitative estimate of drug-likeness (QED) is 0.831. The van der Waals surface area contributed by atoms with Gasteiger partial charge in [0.1, 0.15) is 0 Å². The Morgan fingerprint density at radius 1 is 1.31 bits per heavy atom. The average molecular weight is 214 g/mol. The SMILES string of the molecule is Cc1ccc(-c2cnccn2)cc1C(=O)O. The van der Waals surface area contributed by atoms with Gasteiger partial charge in [0.15, 0.2) is 0 Å². The van der Waals surface area contributed by atoms with E-state index >= 15 is 0 Å². The standard InChI is InChI=1S/C12H10N2O2/c1-8-2-3-9(6-10(8)12(15)16)11-7-13-4-5-14-11/h2-7H,1H3,(H,15,16). The van der Waals surface area contributed by atoms with Crippen LogP contribution in [0.25, 0.3) is 11.3 Å². The molecule has 0 atom stereocenters. The van der Waals surface area contributed by atoms with Crippen molar-refractivity contribution in [2.24, 2.45) is 0 Å². The molecule has 0 saturated heterocycles. The largest absolute Gasteiger partial charge is 0.478 e. The second kappa shape index (κ2) is 4.10. The molecule has 16 heavy (non-hydrogen) atoms. The minimum absolute atomic E-state index is 0.295. The van der Waals surface area contributed by atoms with E-state index in [0.29, 0.717) is 11.3 Å². The van der Waals surface area contributed by atoms with Gasteiger partial charge in [0.25, 0.3) is 0 Å². The van der Waals surface area contributed by atoms with Crippen LogP contribution in [0.15, 0.2) is 36.8 Å². The summed E-state index contributed by atoms with van der Waals surface area (Å²) in [4.78, 5) is 19.0. The van der Waals surface area contributed by atoms with E-state index < -0.39 is 5.97 Å². The van der Waals surface area contributed by atoms with Crippen LogP contribution in [0.5, 0.6) is 0 Å². The Hall–Kier alpha value is -2.23. The van der Waals surface area contributed by atoms with Crippen LogP contribution in [0, 0.1) is 6.92 Å². The van der Waals surface area contributed by atoms with Gasteiger partial charge >= 0.3 is 5.97 Å². The van der Waals surface area contributed by atoms with Gasteiger partial charge in [-0.1, -0.05) is 12.1 Å². The molecule has 4 heteroatoms. The maximum Gasteiger partial charge on any atom is 0.335 e. The highest BCUT2D eigenvalue weighted by molar-refractivity contribution is 5.90. The number of carboxylic acids is 1. The Kier molecular flexibility index (Phi) is 2.64. The van der Waals surface area contributed by atoms with E-state index in [1.165, 1.54) is 0 Å². The van der Waals surface area contributed by atoms with Crippen LogP contribution >= 0.6 is 0 Å². The van der Waals surface area contributed by atoms with Gasteiger partial charge in [-0.2, -0.15) is 0 Å². The number of benzene rings is 1. The Bertz CT molecular complexity index is 524. The van der Waals surface area contributed by atoms with E-state index in [2.05, 4.69) is 9.97 Å². The number of hydrogen-bond donors (Lipinski definition) is 1. The third kappa shape index (κ3) is 1.91. The zero-order valence-corrected chi connectivity index (χ0v) is 8.71. The van der Waals surface area contributed by atoms with Crippen LogP contribution in [-0.4, -0.2) is 21.0 Å². The lowest BCUT2D eigenvalue weighted by molar-refractivity contribution is 0.0696. The first-order chi connectivity index (χ1) is 7.68. The predicted octanol–water partition coefficient (Wildman–Crippen LogP) is 2.15. The molecule has 0 bridgehead atoms. The Morgan fingerprint density at radius 2 is 2.12 bits per heavy atom. The van der Waals surface area contributed by atoms with Gasteiger partial charge in [0.05, 0.1) is 17.5 Å². The number of carboxylic acid groups (broad SMARTS) is 1. The number of hydrogen-bond acceptors (Lipinski definition) is 3. The van der Waals surface area contributed by atoms with Gasteiger partial charge in [-0.05, 0) is 18.6 Å². The molecule has 1 aromatic heterocycles. The van der Waals surface area contributed by atoms with Crippen LogP contribution < -0.4 is 0 Å². The van der Waals surface area contributed by atoms with Gasteiger partial charge in [0.2, 0.25) is 0 Å². The molecule has 1 heterocycles. The Balaban J connectivity index is 2.52. The summed E-state index contributed by atoms with van der Waals surface area (Å²) in [6.07, 6.45) is 4.77. The summed E-state index contributed by atoms with van der Waals surface area (Å²) >= 11 is 0. The molecule has 0 radical (unpaired) electrons. The first-order valence-electron chi connectivity index (χ1n) is 4.79. The Morgan fingerprint density at radius 3 is 2.75 bits per heavy atom. The predicted molar refractivity (Wildman–Crippen MR) is 59.2 cm³/mol. The second-order valence-corrected chi connectivity index (χ2v) is 3.43. The molecular weight excluding hydrogens is 204 g/mol. The van der Waals surface area contributed by atoms with Crippen molar-refractivity contribution in [2.45, 2.75) is 6.92 Å². The monoisotopic (exact) mass is 214 g/mol. The normalized spacial score (nSPS) is 10.1. The lowest BCUT2D eigenvalue weighted by Gasteiger charge is -2.04. The number of rotatable bonds is 2. The molecule has 1 N–H and O–H groups in total. The average Bonchev–Trinajstić information content (AvgIpc) is 2.30. The van der Waals surface area contributed by atoms with Crippen LogP contribution in [-0.2, 0) is 0 Å². The molecule has 1 aromatic carbocycles. The van der Waals surface area contributed by atoms with Crippen molar-refractivity contribution in [2.75, 3.05) is 0 Å². The molecule has 0 fully saturated rings. The summed E-state index contributed by atoms with van der Waals surface area (Å²) in [5.41, 5.74) is 2.46. The molecule has 0 spiro atoms. The number of carbonyl (C=O) groups is 1. The molecular formula is C12H10N2O2. The van der Waals surface area contributed by atoms with E-state index in [-0.39, 0.29) is 0 Å². The first-order valence-corrected chi connectivity index (χ1v) is 4.79. The highest BCUT2D eigenvalue weighted by Gasteiger charge is 2.09. The smallest absolute Gasteiger partial charge is 0.335 e. The summed E-state index contributed by atoms with van der Waals surface area (Å²) < 4.78 is 0. The third-order valence-electron chi connectivity index (χ3n) is 2.33. The molecule has 0 amide bonds. The van der Waals surface area contributed by atoms with E-state index in [4.69, 9.17) is 5.11 Å². The summed E-state index contributed by atoms with van der Waals surface area (Å²) in [5, 5.41) is 9.00. The third-order valence-corrected chi connectivity index (χ3v) is 2.33. The maximum absolute atomic E-state index is 11.0. The summed E-state index contributed by atoms with van der Waals surface area (Å²) in [7, 11) is 0. The molecule has 80 valence electrons. The summed E-state index contributed by atoms with van der Waals surface area (Å²) in [6.45, 7) is 1.77. The zero-order valence-electron chi connectivity index (χ0n) is 8.71. The van der Waals surface area contributed by atoms with Crippen LogP contribution in [0.1, 0.15) is 15.9 Å². The molecule has 0 aliphatic rings. The van der Waals surface area contributed by atoms with Gasteiger partial charge < -0.3 is 5.11 Å². The summed E-state index contributed by atoms with van der Waals surface area (Å²) in [5.74, 6) is -0.928. The molecule has 0 unspecified atom stereocenters. The van der Waals surface area contributed by atoms with E-state index in [1.807, 2.05) is 6.07 Å². The number of aromatic nitrogens is 2. The fraction of sp³-hybridized carbons (Fsp3) is 0.0833. The first kappa shape index (κ1) is 10.3. The molecule has 2 rings (SSSR count). The highest BCUT2D eigenvalue weighted by Crippen LogP contribution is 2.19. The van der Waals surface area contributed by atoms with Crippen molar-refractivity contribution in [3.63, 3.8) is 0 Å². The van der Waals surface area contributed by atoms with Gasteiger partial charge in [0, 0.05) is 18.0 Å². The molecule has 0 aliphatic heterocycles. The highest BCUT2D eigenvalue weighted by atomic mass is 16.4. The van der Waals surface area contributed by atoms with Crippen molar-refractivity contribution >= 4 is 5.97 Å². The van der Waals surface area contributed by atoms with Crippen molar-refractivity contribution in [3.05, 3.63) is 47.9 Å². The van der Waals surface area contributed by atoms with E-state index in [1.54, 1.807) is 37.6 Å². The van der Waals surface area contributed by atoms with Crippen molar-refractivity contribution < 1.29 is 9.90 Å². The van der Waals surface area contributed by atoms with Gasteiger partial charge in [-0.25, -0.2) is 4.79 Å². The molecule has 0 saturated carbocycles. The van der Waals surface area contributed by atoms with E-state index in [0.717, 1.165) is 11.1 Å².